The van der Waals surface area contributed by atoms with Crippen LogP contribution < -0.4 is 4.90 Å². The summed E-state index contributed by atoms with van der Waals surface area (Å²) in [6, 6.07) is 9.91. The number of rotatable bonds is 8. The van der Waals surface area contributed by atoms with E-state index >= 15 is 0 Å². The first-order valence-corrected chi connectivity index (χ1v) is 12.4. The van der Waals surface area contributed by atoms with E-state index in [0.717, 1.165) is 55.1 Å². The predicted octanol–water partition coefficient (Wildman–Crippen LogP) is 3.24. The Morgan fingerprint density at radius 1 is 0.914 bits per heavy atom. The predicted molar refractivity (Wildman–Crippen MR) is 133 cm³/mol. The minimum Gasteiger partial charge on any atom is -0.494 e. The van der Waals surface area contributed by atoms with Crippen LogP contribution in [0, 0.1) is 0 Å². The van der Waals surface area contributed by atoms with E-state index in [0.29, 0.717) is 19.7 Å². The topological polar surface area (TPSA) is 86.9 Å². The van der Waals surface area contributed by atoms with Crippen molar-refractivity contribution in [3.63, 3.8) is 0 Å². The zero-order chi connectivity index (χ0) is 23.8. The monoisotopic (exact) mass is 473 g/mol. The lowest BCUT2D eigenvalue weighted by Gasteiger charge is -2.37. The van der Waals surface area contributed by atoms with Crippen LogP contribution in [0.4, 0.5) is 5.82 Å². The number of anilines is 1. The molecule has 35 heavy (non-hydrogen) atoms. The molecule has 3 aromatic rings. The zero-order valence-electron chi connectivity index (χ0n) is 19.7. The summed E-state index contributed by atoms with van der Waals surface area (Å²) in [6.07, 6.45) is 10.4. The number of hydrogen-bond donors (Lipinski definition) is 2. The van der Waals surface area contributed by atoms with Crippen LogP contribution in [-0.2, 0) is 17.9 Å². The van der Waals surface area contributed by atoms with Gasteiger partial charge in [-0.1, -0.05) is 24.3 Å². The third kappa shape index (κ3) is 4.28. The fourth-order valence-electron chi connectivity index (χ4n) is 5.72. The Morgan fingerprint density at radius 3 is 2.34 bits per heavy atom. The molecule has 2 bridgehead atoms. The molecule has 0 aromatic carbocycles. The molecule has 2 aliphatic carbocycles. The molecule has 1 fully saturated rings. The summed E-state index contributed by atoms with van der Waals surface area (Å²) >= 11 is 0. The van der Waals surface area contributed by atoms with Crippen molar-refractivity contribution in [1.82, 2.24) is 19.4 Å². The minimum absolute atomic E-state index is 0.185. The van der Waals surface area contributed by atoms with Gasteiger partial charge < -0.3 is 19.8 Å². The number of ether oxygens (including phenoxy) is 1. The number of aromatic hydroxyl groups is 2. The van der Waals surface area contributed by atoms with E-state index in [2.05, 4.69) is 31.9 Å². The molecule has 0 amide bonds. The molecular weight excluding hydrogens is 442 g/mol. The maximum Gasteiger partial charge on any atom is 0.198 e. The quantitative estimate of drug-likeness (QED) is 0.486. The molecule has 6 rings (SSSR count). The summed E-state index contributed by atoms with van der Waals surface area (Å²) in [6.45, 7) is 5.14. The van der Waals surface area contributed by atoms with E-state index in [1.165, 1.54) is 0 Å². The summed E-state index contributed by atoms with van der Waals surface area (Å²) < 4.78 is 8.01. The molecule has 182 valence electrons. The molecule has 0 saturated carbocycles. The highest BCUT2D eigenvalue weighted by molar-refractivity contribution is 5.58. The van der Waals surface area contributed by atoms with E-state index in [1.807, 2.05) is 42.7 Å². The summed E-state index contributed by atoms with van der Waals surface area (Å²) in [5.74, 6) is 1.79. The number of piperazine rings is 1. The van der Waals surface area contributed by atoms with E-state index < -0.39 is 0 Å². The third-order valence-electron chi connectivity index (χ3n) is 7.51. The Hall–Kier alpha value is -3.36. The zero-order valence-corrected chi connectivity index (χ0v) is 19.7. The largest absolute Gasteiger partial charge is 0.494 e. The fraction of sp³-hybridized carbons (Fsp3) is 0.407. The van der Waals surface area contributed by atoms with E-state index in [1.54, 1.807) is 10.8 Å². The van der Waals surface area contributed by atoms with Crippen LogP contribution in [0.15, 0.2) is 61.1 Å². The Kier molecular flexibility index (Phi) is 5.91. The lowest BCUT2D eigenvalue weighted by atomic mass is 10.0. The Morgan fingerprint density at radius 2 is 1.69 bits per heavy atom. The van der Waals surface area contributed by atoms with Crippen molar-refractivity contribution >= 4 is 5.82 Å². The number of fused-ring (bicyclic) bond motifs is 5. The van der Waals surface area contributed by atoms with Gasteiger partial charge in [0.05, 0.1) is 19.3 Å². The molecule has 3 atom stereocenters. The Balaban J connectivity index is 1.16. The number of hydrogen-bond acceptors (Lipinski definition) is 7. The molecule has 4 heterocycles. The van der Waals surface area contributed by atoms with Gasteiger partial charge in [-0.3, -0.25) is 14.5 Å². The second-order valence-corrected chi connectivity index (χ2v) is 9.69. The number of aromatic nitrogens is 3. The molecule has 0 radical (unpaired) electrons. The molecular formula is C27H31N5O3. The van der Waals surface area contributed by atoms with Gasteiger partial charge in [0, 0.05) is 74.3 Å². The van der Waals surface area contributed by atoms with Crippen LogP contribution in [0.1, 0.15) is 34.9 Å². The van der Waals surface area contributed by atoms with Crippen LogP contribution >= 0.6 is 0 Å². The van der Waals surface area contributed by atoms with Crippen molar-refractivity contribution in [2.24, 2.45) is 0 Å². The summed E-state index contributed by atoms with van der Waals surface area (Å²) in [4.78, 5) is 13.4. The van der Waals surface area contributed by atoms with Gasteiger partial charge in [-0.05, 0) is 30.2 Å². The van der Waals surface area contributed by atoms with Crippen LogP contribution in [0.25, 0.3) is 0 Å². The normalized spacial score (nSPS) is 22.0. The standard InChI is InChI=1S/C27H31N5O3/c33-26-24-20-6-7-21(14-20)25(24)27(34)32(26)17-22(35-18-19-4-3-8-28-15-19)16-30-10-12-31(13-11-30)23-5-1-2-9-29-23/h1-9,15,20-22,33-34H,10-14,16-18H2. The van der Waals surface area contributed by atoms with Crippen molar-refractivity contribution < 1.29 is 14.9 Å². The van der Waals surface area contributed by atoms with E-state index in [4.69, 9.17) is 4.74 Å². The molecule has 0 spiro atoms. The van der Waals surface area contributed by atoms with Gasteiger partial charge in [-0.2, -0.15) is 0 Å². The molecule has 2 N–H and O–H groups in total. The first-order chi connectivity index (χ1) is 17.2. The summed E-state index contributed by atoms with van der Waals surface area (Å²) in [5, 5.41) is 22.1. The smallest absolute Gasteiger partial charge is 0.198 e. The second kappa shape index (κ2) is 9.36. The summed E-state index contributed by atoms with van der Waals surface area (Å²) in [7, 11) is 0. The van der Waals surface area contributed by atoms with Crippen LogP contribution in [0.3, 0.4) is 0 Å². The highest BCUT2D eigenvalue weighted by Crippen LogP contribution is 2.56. The SMILES string of the molecule is Oc1c2c(c(O)n1CC(CN1CCN(c3ccccn3)CC1)OCc1cccnc1)C1C=CC2C1. The van der Waals surface area contributed by atoms with Gasteiger partial charge in [0.15, 0.2) is 11.8 Å². The van der Waals surface area contributed by atoms with Gasteiger partial charge in [0.25, 0.3) is 0 Å². The minimum atomic E-state index is -0.202. The number of nitrogens with zero attached hydrogens (tertiary/aromatic N) is 5. The Bertz CT molecular complexity index is 1150. The van der Waals surface area contributed by atoms with Gasteiger partial charge in [-0.15, -0.1) is 0 Å². The lowest BCUT2D eigenvalue weighted by molar-refractivity contribution is 0.00187. The summed E-state index contributed by atoms with van der Waals surface area (Å²) in [5.41, 5.74) is 2.79. The number of allylic oxidation sites excluding steroid dienone is 2. The van der Waals surface area contributed by atoms with Crippen LogP contribution in [0.5, 0.6) is 11.8 Å². The average molecular weight is 474 g/mol. The second-order valence-electron chi connectivity index (χ2n) is 9.69. The molecule has 3 aliphatic rings. The average Bonchev–Trinajstić information content (AvgIpc) is 3.59. The third-order valence-corrected chi connectivity index (χ3v) is 7.51. The van der Waals surface area contributed by atoms with Crippen LogP contribution in [-0.4, -0.2) is 68.5 Å². The van der Waals surface area contributed by atoms with Gasteiger partial charge in [0.1, 0.15) is 5.82 Å². The molecule has 3 aromatic heterocycles. The van der Waals surface area contributed by atoms with Gasteiger partial charge in [-0.25, -0.2) is 4.98 Å². The highest BCUT2D eigenvalue weighted by atomic mass is 16.5. The van der Waals surface area contributed by atoms with Gasteiger partial charge >= 0.3 is 0 Å². The van der Waals surface area contributed by atoms with Gasteiger partial charge in [0.2, 0.25) is 0 Å². The highest BCUT2D eigenvalue weighted by Gasteiger charge is 2.41. The molecule has 1 saturated heterocycles. The fourth-order valence-corrected chi connectivity index (χ4v) is 5.72. The van der Waals surface area contributed by atoms with Crippen molar-refractivity contribution in [2.75, 3.05) is 37.6 Å². The van der Waals surface area contributed by atoms with Crippen molar-refractivity contribution in [3.05, 3.63) is 77.8 Å². The first kappa shape index (κ1) is 22.1. The maximum absolute atomic E-state index is 11.0. The number of pyridine rings is 2. The first-order valence-electron chi connectivity index (χ1n) is 12.4. The molecule has 8 heteroatoms. The lowest BCUT2D eigenvalue weighted by Crippen LogP contribution is -2.49. The van der Waals surface area contributed by atoms with Crippen molar-refractivity contribution in [2.45, 2.75) is 37.5 Å². The van der Waals surface area contributed by atoms with Crippen molar-refractivity contribution in [1.29, 1.82) is 0 Å². The molecule has 1 aliphatic heterocycles. The van der Waals surface area contributed by atoms with Crippen LogP contribution in [0.2, 0.25) is 0 Å². The van der Waals surface area contributed by atoms with E-state index in [-0.39, 0.29) is 29.7 Å². The molecule has 3 unspecified atom stereocenters. The maximum atomic E-state index is 11.0. The van der Waals surface area contributed by atoms with Crippen molar-refractivity contribution in [3.8, 4) is 11.8 Å². The molecule has 8 nitrogen and oxygen atoms in total. The Labute approximate surface area is 205 Å². The van der Waals surface area contributed by atoms with E-state index in [9.17, 15) is 10.2 Å².